The molecule has 0 saturated heterocycles. The molecule has 0 fully saturated rings. The Kier molecular flexibility index (Phi) is 6.39. The fourth-order valence-electron chi connectivity index (χ4n) is 3.06. The SMILES string of the molecule is Cc1cc2nc3c(=O)[nH]c(=O)nc-3n(C[C@H](O)[C@@H](O)[C@@H](O)COP(=O)(O)O)c2cc1C. The summed E-state index contributed by atoms with van der Waals surface area (Å²) in [5, 5.41) is 30.5. The van der Waals surface area contributed by atoms with Crippen LogP contribution in [-0.4, -0.2) is 69.5 Å². The molecule has 0 aliphatic carbocycles. The van der Waals surface area contributed by atoms with Crippen LogP contribution >= 0.6 is 7.82 Å². The summed E-state index contributed by atoms with van der Waals surface area (Å²) >= 11 is 0. The van der Waals surface area contributed by atoms with E-state index in [1.165, 1.54) is 4.57 Å². The Balaban J connectivity index is 2.06. The van der Waals surface area contributed by atoms with E-state index in [4.69, 9.17) is 9.79 Å². The van der Waals surface area contributed by atoms with Crippen molar-refractivity contribution in [3.05, 3.63) is 44.1 Å². The predicted molar refractivity (Wildman–Crippen MR) is 107 cm³/mol. The predicted octanol–water partition coefficient (Wildman–Crippen LogP) is -1.61. The fourth-order valence-corrected chi connectivity index (χ4v) is 3.41. The molecule has 14 heteroatoms. The summed E-state index contributed by atoms with van der Waals surface area (Å²) in [6.07, 6.45) is -5.40. The molecule has 0 radical (unpaired) electrons. The van der Waals surface area contributed by atoms with Crippen LogP contribution in [0.25, 0.3) is 22.6 Å². The van der Waals surface area contributed by atoms with Gasteiger partial charge in [0.2, 0.25) is 0 Å². The number of H-pyrrole nitrogens is 1. The molecule has 13 nitrogen and oxygen atoms in total. The molecule has 0 unspecified atom stereocenters. The smallest absolute Gasteiger partial charge is 0.388 e. The van der Waals surface area contributed by atoms with E-state index in [0.717, 1.165) is 11.1 Å². The zero-order valence-corrected chi connectivity index (χ0v) is 17.4. The number of phosphoric ester groups is 1. The van der Waals surface area contributed by atoms with Crippen LogP contribution in [0.15, 0.2) is 21.7 Å². The molecule has 3 rings (SSSR count). The Morgan fingerprint density at radius 1 is 1.10 bits per heavy atom. The van der Waals surface area contributed by atoms with Crippen molar-refractivity contribution in [1.82, 2.24) is 19.5 Å². The van der Waals surface area contributed by atoms with Gasteiger partial charge in [0, 0.05) is 0 Å². The lowest BCUT2D eigenvalue weighted by atomic mass is 10.1. The number of nitrogens with one attached hydrogen (secondary N) is 1. The maximum absolute atomic E-state index is 12.2. The average Bonchev–Trinajstić information content (AvgIpc) is 2.67. The lowest BCUT2D eigenvalue weighted by molar-refractivity contribution is -0.0793. The number of rotatable bonds is 7. The standard InChI is InChI=1S/C17H21N4O9P/c1-7-3-9-10(4-8(7)2)21(15-13(18-9)16(25)20-17(26)19-15)5-11(22)14(24)12(23)6-30-31(27,28)29/h3-4,11-12,14,22-24H,5-6H2,1-2H3,(H,20,25,26)(H2,27,28,29)/t11-,12-,14+/m0/s1. The molecular formula is C17H21N4O9P. The van der Waals surface area contributed by atoms with Gasteiger partial charge in [-0.15, -0.1) is 0 Å². The van der Waals surface area contributed by atoms with Crippen LogP contribution < -0.4 is 11.2 Å². The first-order valence-corrected chi connectivity index (χ1v) is 10.6. The molecule has 0 spiro atoms. The normalized spacial score (nSPS) is 15.3. The Morgan fingerprint density at radius 2 is 1.74 bits per heavy atom. The first kappa shape index (κ1) is 23.2. The molecule has 0 aromatic heterocycles. The van der Waals surface area contributed by atoms with E-state index in [1.807, 2.05) is 18.8 Å². The number of phosphoric acid groups is 1. The minimum absolute atomic E-state index is 0.142. The molecule has 0 bridgehead atoms. The largest absolute Gasteiger partial charge is 0.469 e. The third-order valence-corrected chi connectivity index (χ3v) is 5.28. The highest BCUT2D eigenvalue weighted by atomic mass is 31.2. The summed E-state index contributed by atoms with van der Waals surface area (Å²) in [5.74, 6) is -0.142. The zero-order chi connectivity index (χ0) is 23.1. The maximum atomic E-state index is 12.2. The van der Waals surface area contributed by atoms with E-state index >= 15 is 0 Å². The van der Waals surface area contributed by atoms with Crippen molar-refractivity contribution in [3.63, 3.8) is 0 Å². The second kappa shape index (κ2) is 8.55. The maximum Gasteiger partial charge on any atom is 0.469 e. The molecular weight excluding hydrogens is 435 g/mol. The third-order valence-electron chi connectivity index (χ3n) is 4.80. The van der Waals surface area contributed by atoms with Crippen LogP contribution in [0.1, 0.15) is 11.1 Å². The average molecular weight is 456 g/mol. The number of fused-ring (bicyclic) bond motifs is 2. The number of nitrogens with zero attached hydrogens (tertiary/aromatic N) is 3. The Labute approximate surface area is 174 Å². The summed E-state index contributed by atoms with van der Waals surface area (Å²) in [6, 6.07) is 3.41. The number of hydrogen-bond acceptors (Lipinski definition) is 9. The van der Waals surface area contributed by atoms with E-state index in [0.29, 0.717) is 11.0 Å². The van der Waals surface area contributed by atoms with Gasteiger partial charge >= 0.3 is 13.5 Å². The molecule has 3 atom stereocenters. The summed E-state index contributed by atoms with van der Waals surface area (Å²) in [4.78, 5) is 51.5. The second-order valence-corrected chi connectivity index (χ2v) is 8.34. The quantitative estimate of drug-likeness (QED) is 0.176. The molecule has 31 heavy (non-hydrogen) atoms. The lowest BCUT2D eigenvalue weighted by Crippen LogP contribution is -2.42. The van der Waals surface area contributed by atoms with Gasteiger partial charge in [0.15, 0.2) is 11.5 Å². The summed E-state index contributed by atoms with van der Waals surface area (Å²) in [7, 11) is -4.89. The van der Waals surface area contributed by atoms with E-state index in [-0.39, 0.29) is 11.5 Å². The van der Waals surface area contributed by atoms with Crippen LogP contribution in [0, 0.1) is 13.8 Å². The monoisotopic (exact) mass is 456 g/mol. The van der Waals surface area contributed by atoms with Gasteiger partial charge in [-0.05, 0) is 37.1 Å². The van der Waals surface area contributed by atoms with Gasteiger partial charge in [-0.3, -0.25) is 14.3 Å². The number of aryl methyl sites for hydroxylation is 2. The summed E-state index contributed by atoms with van der Waals surface area (Å²) in [5.41, 5.74) is 0.618. The van der Waals surface area contributed by atoms with E-state index in [1.54, 1.807) is 12.1 Å². The number of hydrogen-bond donors (Lipinski definition) is 6. The number of aliphatic hydroxyl groups is 3. The Morgan fingerprint density at radius 3 is 2.39 bits per heavy atom. The molecule has 0 amide bonds. The molecule has 168 valence electrons. The molecule has 1 aromatic rings. The van der Waals surface area contributed by atoms with Crippen molar-refractivity contribution < 1.29 is 34.2 Å². The third kappa shape index (κ3) is 5.05. The van der Waals surface area contributed by atoms with Crippen LogP contribution in [-0.2, 0) is 15.6 Å². The first-order valence-electron chi connectivity index (χ1n) is 9.03. The van der Waals surface area contributed by atoms with Crippen LogP contribution in [0.3, 0.4) is 0 Å². The summed E-state index contributed by atoms with van der Waals surface area (Å²) < 4.78 is 16.2. The van der Waals surface area contributed by atoms with Crippen molar-refractivity contribution in [2.75, 3.05) is 6.61 Å². The second-order valence-electron chi connectivity index (χ2n) is 7.10. The summed E-state index contributed by atoms with van der Waals surface area (Å²) in [6.45, 7) is 2.29. The van der Waals surface area contributed by atoms with E-state index < -0.39 is 50.5 Å². The molecule has 6 N–H and O–H groups in total. The number of aromatic nitrogens is 4. The van der Waals surface area contributed by atoms with Gasteiger partial charge in [-0.2, -0.15) is 4.98 Å². The van der Waals surface area contributed by atoms with Gasteiger partial charge < -0.3 is 29.7 Å². The fraction of sp³-hybridized carbons (Fsp3) is 0.412. The first-order chi connectivity index (χ1) is 14.4. The van der Waals surface area contributed by atoms with Crippen LogP contribution in [0.4, 0.5) is 0 Å². The van der Waals surface area contributed by atoms with Crippen LogP contribution in [0.2, 0.25) is 0 Å². The molecule has 2 heterocycles. The molecule has 2 aliphatic heterocycles. The minimum Gasteiger partial charge on any atom is -0.388 e. The van der Waals surface area contributed by atoms with Gasteiger partial charge in [0.1, 0.15) is 18.3 Å². The number of benzene rings is 1. The topological polar surface area (TPSA) is 208 Å². The Hall–Kier alpha value is -2.51. The number of aromatic amines is 1. The van der Waals surface area contributed by atoms with Gasteiger partial charge in [-0.1, -0.05) is 0 Å². The van der Waals surface area contributed by atoms with Crippen molar-refractivity contribution in [2.24, 2.45) is 0 Å². The Bertz CT molecular complexity index is 1250. The molecule has 0 saturated carbocycles. The number of aliphatic hydroxyl groups excluding tert-OH is 3. The van der Waals surface area contributed by atoms with Gasteiger partial charge in [-0.25, -0.2) is 14.3 Å². The minimum atomic E-state index is -4.89. The molecule has 1 aromatic carbocycles. The highest BCUT2D eigenvalue weighted by Crippen LogP contribution is 2.36. The highest BCUT2D eigenvalue weighted by molar-refractivity contribution is 7.46. The lowest BCUT2D eigenvalue weighted by Gasteiger charge is -2.25. The van der Waals surface area contributed by atoms with Gasteiger partial charge in [0.05, 0.1) is 24.2 Å². The van der Waals surface area contributed by atoms with Gasteiger partial charge in [0.25, 0.3) is 5.56 Å². The highest BCUT2D eigenvalue weighted by Gasteiger charge is 2.29. The van der Waals surface area contributed by atoms with Crippen molar-refractivity contribution in [1.29, 1.82) is 0 Å². The zero-order valence-electron chi connectivity index (χ0n) is 16.5. The van der Waals surface area contributed by atoms with E-state index in [9.17, 15) is 29.5 Å². The van der Waals surface area contributed by atoms with Crippen LogP contribution in [0.5, 0.6) is 0 Å². The van der Waals surface area contributed by atoms with E-state index in [2.05, 4.69) is 14.5 Å². The van der Waals surface area contributed by atoms with Crippen molar-refractivity contribution in [3.8, 4) is 11.5 Å². The van der Waals surface area contributed by atoms with Crippen molar-refractivity contribution >= 4 is 18.9 Å². The molecule has 2 aliphatic rings. The van der Waals surface area contributed by atoms with Crippen molar-refractivity contribution in [2.45, 2.75) is 38.7 Å².